The van der Waals surface area contributed by atoms with Gasteiger partial charge in [0.05, 0.1) is 25.2 Å². The van der Waals surface area contributed by atoms with E-state index in [-0.39, 0.29) is 11.9 Å². The molecule has 0 aromatic carbocycles. The molecule has 0 spiro atoms. The van der Waals surface area contributed by atoms with E-state index in [4.69, 9.17) is 9.47 Å². The molecule has 3 rings (SSSR count). The van der Waals surface area contributed by atoms with Gasteiger partial charge in [-0.2, -0.15) is 0 Å². The van der Waals surface area contributed by atoms with Crippen LogP contribution in [0.3, 0.4) is 0 Å². The Bertz CT molecular complexity index is 238. The minimum Gasteiger partial charge on any atom is -0.469 e. The zero-order valence-corrected chi connectivity index (χ0v) is 7.03. The lowest BCUT2D eigenvalue weighted by molar-refractivity contribution is -0.147. The largest absolute Gasteiger partial charge is 0.469 e. The van der Waals surface area contributed by atoms with Crippen molar-refractivity contribution in [2.75, 3.05) is 7.11 Å². The Morgan fingerprint density at radius 1 is 1.42 bits per heavy atom. The van der Waals surface area contributed by atoms with Crippen molar-refractivity contribution in [2.24, 2.45) is 17.8 Å². The van der Waals surface area contributed by atoms with Crippen LogP contribution in [-0.2, 0) is 14.3 Å². The second-order valence-corrected chi connectivity index (χ2v) is 4.09. The first-order valence-corrected chi connectivity index (χ1v) is 4.54. The van der Waals surface area contributed by atoms with Gasteiger partial charge in [0.25, 0.3) is 0 Å². The number of fused-ring (bicyclic) bond motifs is 5. The first-order valence-electron chi connectivity index (χ1n) is 4.54. The van der Waals surface area contributed by atoms with Crippen molar-refractivity contribution in [3.8, 4) is 0 Å². The molecule has 1 saturated heterocycles. The molecule has 5 atom stereocenters. The summed E-state index contributed by atoms with van der Waals surface area (Å²) in [6.07, 6.45) is 3.11. The number of carbonyl (C=O) groups excluding carboxylic acids is 1. The highest BCUT2D eigenvalue weighted by Gasteiger charge is 2.64. The molecule has 3 nitrogen and oxygen atoms in total. The summed E-state index contributed by atoms with van der Waals surface area (Å²) in [6, 6.07) is 0. The van der Waals surface area contributed by atoms with Gasteiger partial charge >= 0.3 is 5.97 Å². The summed E-state index contributed by atoms with van der Waals surface area (Å²) in [5, 5.41) is 0. The van der Waals surface area contributed by atoms with Crippen LogP contribution in [0.25, 0.3) is 0 Å². The number of rotatable bonds is 1. The number of epoxide rings is 1. The third-order valence-corrected chi connectivity index (χ3v) is 3.60. The maximum absolute atomic E-state index is 11.3. The fourth-order valence-electron chi connectivity index (χ4n) is 3.02. The van der Waals surface area contributed by atoms with Gasteiger partial charge in [-0.05, 0) is 18.8 Å². The molecule has 3 fully saturated rings. The van der Waals surface area contributed by atoms with Crippen LogP contribution in [-0.4, -0.2) is 25.3 Å². The molecule has 0 N–H and O–H groups in total. The molecule has 3 heteroatoms. The van der Waals surface area contributed by atoms with Crippen LogP contribution in [0, 0.1) is 17.8 Å². The fourth-order valence-corrected chi connectivity index (χ4v) is 3.02. The van der Waals surface area contributed by atoms with Gasteiger partial charge in [-0.1, -0.05) is 0 Å². The van der Waals surface area contributed by atoms with E-state index in [1.807, 2.05) is 0 Å². The van der Waals surface area contributed by atoms with E-state index < -0.39 is 0 Å². The number of esters is 1. The molecule has 0 aromatic rings. The molecule has 0 aromatic heterocycles. The SMILES string of the molecule is COC(=O)C1C[C@@H]2C[C@H]1[C@H]1O[C@@H]21. The second-order valence-electron chi connectivity index (χ2n) is 4.09. The van der Waals surface area contributed by atoms with E-state index in [0.29, 0.717) is 24.0 Å². The fraction of sp³-hybridized carbons (Fsp3) is 0.889. The summed E-state index contributed by atoms with van der Waals surface area (Å²) in [6.45, 7) is 0. The molecule has 3 aliphatic rings. The van der Waals surface area contributed by atoms with Gasteiger partial charge in [0, 0.05) is 5.92 Å². The smallest absolute Gasteiger partial charge is 0.309 e. The standard InChI is InChI=1S/C9H12O3/c1-11-9(10)6-3-4-2-5(6)8-7(4)12-8/h4-8H,2-3H2,1H3/t4-,5+,6?,7-,8+/m0/s1. The summed E-state index contributed by atoms with van der Waals surface area (Å²) in [7, 11) is 1.47. The van der Waals surface area contributed by atoms with E-state index >= 15 is 0 Å². The number of hydrogen-bond acceptors (Lipinski definition) is 3. The Balaban J connectivity index is 1.80. The van der Waals surface area contributed by atoms with Gasteiger partial charge in [-0.25, -0.2) is 0 Å². The first kappa shape index (κ1) is 6.89. The van der Waals surface area contributed by atoms with Crippen molar-refractivity contribution < 1.29 is 14.3 Å². The van der Waals surface area contributed by atoms with Crippen LogP contribution in [0.5, 0.6) is 0 Å². The molecular weight excluding hydrogens is 156 g/mol. The van der Waals surface area contributed by atoms with E-state index in [1.54, 1.807) is 0 Å². The van der Waals surface area contributed by atoms with Crippen LogP contribution in [0.2, 0.25) is 0 Å². The van der Waals surface area contributed by atoms with Gasteiger partial charge in [-0.15, -0.1) is 0 Å². The Morgan fingerprint density at radius 2 is 2.25 bits per heavy atom. The Labute approximate surface area is 71.0 Å². The van der Waals surface area contributed by atoms with Crippen LogP contribution < -0.4 is 0 Å². The number of carbonyl (C=O) groups is 1. The maximum atomic E-state index is 11.3. The molecule has 12 heavy (non-hydrogen) atoms. The molecule has 1 aliphatic heterocycles. The number of hydrogen-bond donors (Lipinski definition) is 0. The van der Waals surface area contributed by atoms with Crippen molar-refractivity contribution in [3.63, 3.8) is 0 Å². The van der Waals surface area contributed by atoms with Crippen molar-refractivity contribution in [2.45, 2.75) is 25.0 Å². The molecule has 0 radical (unpaired) electrons. The average molecular weight is 168 g/mol. The molecular formula is C9H12O3. The van der Waals surface area contributed by atoms with E-state index in [2.05, 4.69) is 0 Å². The predicted molar refractivity (Wildman–Crippen MR) is 40.4 cm³/mol. The highest BCUT2D eigenvalue weighted by molar-refractivity contribution is 5.73. The summed E-state index contributed by atoms with van der Waals surface area (Å²) < 4.78 is 10.2. The van der Waals surface area contributed by atoms with Gasteiger partial charge < -0.3 is 9.47 Å². The first-order chi connectivity index (χ1) is 5.81. The molecule has 66 valence electrons. The van der Waals surface area contributed by atoms with E-state index in [9.17, 15) is 4.79 Å². The number of methoxy groups -OCH3 is 1. The van der Waals surface area contributed by atoms with E-state index in [0.717, 1.165) is 6.42 Å². The van der Waals surface area contributed by atoms with Crippen molar-refractivity contribution in [3.05, 3.63) is 0 Å². The molecule has 2 aliphatic carbocycles. The highest BCUT2D eigenvalue weighted by Crippen LogP contribution is 2.58. The summed E-state index contributed by atoms with van der Waals surface area (Å²) in [5.74, 6) is 1.25. The molecule has 0 amide bonds. The third kappa shape index (κ3) is 0.678. The molecule has 1 unspecified atom stereocenters. The lowest BCUT2D eigenvalue weighted by Crippen LogP contribution is -2.26. The van der Waals surface area contributed by atoms with Gasteiger partial charge in [-0.3, -0.25) is 4.79 Å². The Morgan fingerprint density at radius 3 is 2.83 bits per heavy atom. The lowest BCUT2D eigenvalue weighted by Gasteiger charge is -2.15. The molecule has 2 bridgehead atoms. The van der Waals surface area contributed by atoms with Crippen molar-refractivity contribution in [1.29, 1.82) is 0 Å². The second kappa shape index (κ2) is 2.02. The summed E-state index contributed by atoms with van der Waals surface area (Å²) in [4.78, 5) is 11.3. The normalized spacial score (nSPS) is 53.6. The predicted octanol–water partition coefficient (Wildman–Crippen LogP) is 0.583. The minimum atomic E-state index is -0.0311. The molecule has 2 saturated carbocycles. The maximum Gasteiger partial charge on any atom is 0.309 e. The minimum absolute atomic E-state index is 0.0311. The summed E-state index contributed by atoms with van der Waals surface area (Å²) >= 11 is 0. The van der Waals surface area contributed by atoms with Crippen LogP contribution in [0.4, 0.5) is 0 Å². The molecule has 1 heterocycles. The Kier molecular flexibility index (Phi) is 1.16. The van der Waals surface area contributed by atoms with Gasteiger partial charge in [0.2, 0.25) is 0 Å². The quantitative estimate of drug-likeness (QED) is 0.424. The van der Waals surface area contributed by atoms with Crippen molar-refractivity contribution in [1.82, 2.24) is 0 Å². The van der Waals surface area contributed by atoms with Gasteiger partial charge in [0.1, 0.15) is 0 Å². The van der Waals surface area contributed by atoms with Crippen LogP contribution in [0.1, 0.15) is 12.8 Å². The number of ether oxygens (including phenoxy) is 2. The zero-order chi connectivity index (χ0) is 8.29. The van der Waals surface area contributed by atoms with E-state index in [1.165, 1.54) is 13.5 Å². The monoisotopic (exact) mass is 168 g/mol. The van der Waals surface area contributed by atoms with Crippen molar-refractivity contribution >= 4 is 5.97 Å². The average Bonchev–Trinajstić information content (AvgIpc) is 2.71. The summed E-state index contributed by atoms with van der Waals surface area (Å²) in [5.41, 5.74) is 0. The Hall–Kier alpha value is -0.570. The van der Waals surface area contributed by atoms with Crippen LogP contribution in [0.15, 0.2) is 0 Å². The zero-order valence-electron chi connectivity index (χ0n) is 7.03. The lowest BCUT2D eigenvalue weighted by atomic mass is 9.89. The van der Waals surface area contributed by atoms with Gasteiger partial charge in [0.15, 0.2) is 0 Å². The van der Waals surface area contributed by atoms with Crippen LogP contribution >= 0.6 is 0 Å². The topological polar surface area (TPSA) is 38.8 Å². The third-order valence-electron chi connectivity index (χ3n) is 3.60. The highest BCUT2D eigenvalue weighted by atomic mass is 16.6.